The first-order chi connectivity index (χ1) is 11.7. The van der Waals surface area contributed by atoms with Crippen LogP contribution in [-0.4, -0.2) is 34.1 Å². The summed E-state index contributed by atoms with van der Waals surface area (Å²) in [7, 11) is 1.70. The maximum absolute atomic E-state index is 11.7. The van der Waals surface area contributed by atoms with Crippen LogP contribution in [0.3, 0.4) is 0 Å². The molecule has 24 heavy (non-hydrogen) atoms. The van der Waals surface area contributed by atoms with Gasteiger partial charge in [0.1, 0.15) is 12.4 Å². The third-order valence-corrected chi connectivity index (χ3v) is 3.35. The summed E-state index contributed by atoms with van der Waals surface area (Å²) in [4.78, 5) is 11.7. The summed E-state index contributed by atoms with van der Waals surface area (Å²) < 4.78 is 7.17. The van der Waals surface area contributed by atoms with E-state index in [0.717, 1.165) is 16.5 Å². The smallest absolute Gasteiger partial charge is 0.274 e. The fraction of sp³-hybridized carbons (Fsp3) is 0.167. The van der Waals surface area contributed by atoms with Crippen molar-refractivity contribution in [2.45, 2.75) is 0 Å². The first kappa shape index (κ1) is 15.6. The Bertz CT molecular complexity index is 916. The summed E-state index contributed by atoms with van der Waals surface area (Å²) in [5.74, 6) is 6.23. The highest BCUT2D eigenvalue weighted by Gasteiger charge is 2.07. The molecule has 0 bridgehead atoms. The molecule has 1 N–H and O–H groups in total. The normalized spacial score (nSPS) is 10.0. The molecular formula is C18H16N4O2. The molecule has 0 atom stereocenters. The van der Waals surface area contributed by atoms with Crippen LogP contribution in [0.15, 0.2) is 48.7 Å². The van der Waals surface area contributed by atoms with Gasteiger partial charge in [0, 0.05) is 12.4 Å². The predicted molar refractivity (Wildman–Crippen MR) is 90.6 cm³/mol. The lowest BCUT2D eigenvalue weighted by atomic mass is 10.1. The molecule has 120 valence electrons. The molecule has 6 nitrogen and oxygen atoms in total. The summed E-state index contributed by atoms with van der Waals surface area (Å²) in [6.45, 7) is 0.489. The first-order valence-electron chi connectivity index (χ1n) is 7.45. The molecule has 0 saturated heterocycles. The van der Waals surface area contributed by atoms with Gasteiger partial charge in [0.15, 0.2) is 5.69 Å². The minimum absolute atomic E-state index is 0.230. The second kappa shape index (κ2) is 7.29. The van der Waals surface area contributed by atoms with Gasteiger partial charge < -0.3 is 10.1 Å². The molecule has 0 aliphatic heterocycles. The minimum Gasteiger partial charge on any atom is -0.480 e. The van der Waals surface area contributed by atoms with Crippen molar-refractivity contribution >= 4 is 16.7 Å². The van der Waals surface area contributed by atoms with Crippen LogP contribution in [0, 0.1) is 11.8 Å². The van der Waals surface area contributed by atoms with E-state index in [1.54, 1.807) is 13.2 Å². The standard InChI is InChI=1S/C18H16N4O2/c1-22-13-16(20-21-22)18(23)19-11-4-5-12-24-17-10-6-8-14-7-2-3-9-15(14)17/h2-3,6-10,13H,11-12H2,1H3,(H,19,23). The molecule has 0 aliphatic carbocycles. The highest BCUT2D eigenvalue weighted by Crippen LogP contribution is 2.24. The van der Waals surface area contributed by atoms with Crippen molar-refractivity contribution in [3.8, 4) is 17.6 Å². The second-order valence-electron chi connectivity index (χ2n) is 5.08. The zero-order valence-corrected chi connectivity index (χ0v) is 13.2. The van der Waals surface area contributed by atoms with Gasteiger partial charge in [-0.15, -0.1) is 5.10 Å². The van der Waals surface area contributed by atoms with E-state index in [-0.39, 0.29) is 24.8 Å². The Morgan fingerprint density at radius 2 is 2.04 bits per heavy atom. The van der Waals surface area contributed by atoms with Gasteiger partial charge in [-0.1, -0.05) is 53.5 Å². The van der Waals surface area contributed by atoms with Crippen LogP contribution in [0.4, 0.5) is 0 Å². The number of carbonyl (C=O) groups excluding carboxylic acids is 1. The number of nitrogens with zero attached hydrogens (tertiary/aromatic N) is 3. The third-order valence-electron chi connectivity index (χ3n) is 3.35. The van der Waals surface area contributed by atoms with E-state index in [2.05, 4.69) is 27.5 Å². The fourth-order valence-corrected chi connectivity index (χ4v) is 2.22. The Morgan fingerprint density at radius 1 is 1.21 bits per heavy atom. The maximum Gasteiger partial charge on any atom is 0.274 e. The molecule has 0 fully saturated rings. The van der Waals surface area contributed by atoms with Gasteiger partial charge in [0.2, 0.25) is 0 Å². The zero-order valence-electron chi connectivity index (χ0n) is 13.2. The van der Waals surface area contributed by atoms with E-state index in [4.69, 9.17) is 4.74 Å². The van der Waals surface area contributed by atoms with E-state index < -0.39 is 0 Å². The number of rotatable bonds is 4. The number of hydrogen-bond acceptors (Lipinski definition) is 4. The summed E-state index contributed by atoms with van der Waals surface area (Å²) in [6, 6.07) is 13.9. The van der Waals surface area contributed by atoms with Gasteiger partial charge in [-0.2, -0.15) is 0 Å². The largest absolute Gasteiger partial charge is 0.480 e. The molecule has 0 radical (unpaired) electrons. The van der Waals surface area contributed by atoms with Crippen molar-refractivity contribution in [3.63, 3.8) is 0 Å². The van der Waals surface area contributed by atoms with E-state index in [9.17, 15) is 4.79 Å². The van der Waals surface area contributed by atoms with Crippen LogP contribution >= 0.6 is 0 Å². The molecule has 3 aromatic rings. The van der Waals surface area contributed by atoms with Crippen LogP contribution in [0.25, 0.3) is 10.8 Å². The summed E-state index contributed by atoms with van der Waals surface area (Å²) in [6.07, 6.45) is 1.55. The van der Waals surface area contributed by atoms with Crippen LogP contribution in [0.1, 0.15) is 10.5 Å². The molecular weight excluding hydrogens is 304 g/mol. The van der Waals surface area contributed by atoms with Gasteiger partial charge in [-0.05, 0) is 11.5 Å². The third kappa shape index (κ3) is 3.70. The Kier molecular flexibility index (Phi) is 4.73. The minimum atomic E-state index is -0.299. The number of aromatic nitrogens is 3. The molecule has 1 heterocycles. The van der Waals surface area contributed by atoms with Crippen LogP contribution in [0.2, 0.25) is 0 Å². The molecule has 0 spiro atoms. The Morgan fingerprint density at radius 3 is 2.88 bits per heavy atom. The van der Waals surface area contributed by atoms with Crippen molar-refractivity contribution < 1.29 is 9.53 Å². The fourth-order valence-electron chi connectivity index (χ4n) is 2.22. The van der Waals surface area contributed by atoms with Crippen molar-refractivity contribution in [2.75, 3.05) is 13.2 Å². The van der Waals surface area contributed by atoms with E-state index >= 15 is 0 Å². The van der Waals surface area contributed by atoms with Crippen LogP contribution in [-0.2, 0) is 7.05 Å². The number of fused-ring (bicyclic) bond motifs is 1. The van der Waals surface area contributed by atoms with Crippen molar-refractivity contribution in [3.05, 3.63) is 54.4 Å². The van der Waals surface area contributed by atoms with Crippen molar-refractivity contribution in [2.24, 2.45) is 7.05 Å². The molecule has 1 aromatic heterocycles. The molecule has 0 unspecified atom stereocenters. The lowest BCUT2D eigenvalue weighted by molar-refractivity contribution is 0.0953. The molecule has 0 aliphatic rings. The van der Waals surface area contributed by atoms with Crippen LogP contribution < -0.4 is 10.1 Å². The summed E-state index contributed by atoms with van der Waals surface area (Å²) in [5.41, 5.74) is 0.270. The van der Waals surface area contributed by atoms with Gasteiger partial charge in [-0.3, -0.25) is 9.48 Å². The Labute approximate surface area is 139 Å². The number of hydrogen-bond donors (Lipinski definition) is 1. The van der Waals surface area contributed by atoms with E-state index in [1.807, 2.05) is 42.5 Å². The van der Waals surface area contributed by atoms with Gasteiger partial charge in [0.25, 0.3) is 5.91 Å². The number of benzene rings is 2. The number of nitrogens with one attached hydrogen (secondary N) is 1. The number of ether oxygens (including phenoxy) is 1. The highest BCUT2D eigenvalue weighted by molar-refractivity contribution is 5.92. The summed E-state index contributed by atoms with van der Waals surface area (Å²) in [5, 5.41) is 12.3. The van der Waals surface area contributed by atoms with Gasteiger partial charge >= 0.3 is 0 Å². The zero-order chi connectivity index (χ0) is 16.8. The predicted octanol–water partition coefficient (Wildman–Crippen LogP) is 1.78. The lowest BCUT2D eigenvalue weighted by Crippen LogP contribution is -2.24. The van der Waals surface area contributed by atoms with Gasteiger partial charge in [0.05, 0.1) is 12.7 Å². The van der Waals surface area contributed by atoms with Crippen LogP contribution in [0.5, 0.6) is 5.75 Å². The quantitative estimate of drug-likeness (QED) is 0.744. The molecule has 2 aromatic carbocycles. The molecule has 1 amide bonds. The second-order valence-corrected chi connectivity index (χ2v) is 5.08. The summed E-state index contributed by atoms with van der Waals surface area (Å²) >= 11 is 0. The lowest BCUT2D eigenvalue weighted by Gasteiger charge is -2.06. The van der Waals surface area contributed by atoms with Crippen molar-refractivity contribution in [1.82, 2.24) is 20.3 Å². The SMILES string of the molecule is Cn1cc(C(=O)NCC#CCOc2cccc3ccccc23)nn1. The highest BCUT2D eigenvalue weighted by atomic mass is 16.5. The topological polar surface area (TPSA) is 69.0 Å². The van der Waals surface area contributed by atoms with Crippen molar-refractivity contribution in [1.29, 1.82) is 0 Å². The van der Waals surface area contributed by atoms with E-state index in [0.29, 0.717) is 0 Å². The number of carbonyl (C=O) groups is 1. The molecule has 6 heteroatoms. The molecule has 3 rings (SSSR count). The number of amides is 1. The number of aryl methyl sites for hydroxylation is 1. The first-order valence-corrected chi connectivity index (χ1v) is 7.45. The van der Waals surface area contributed by atoms with Gasteiger partial charge in [-0.25, -0.2) is 0 Å². The Hall–Kier alpha value is -3.33. The maximum atomic E-state index is 11.7. The van der Waals surface area contributed by atoms with E-state index in [1.165, 1.54) is 4.68 Å². The average Bonchev–Trinajstić information content (AvgIpc) is 3.04. The Balaban J connectivity index is 1.50. The average molecular weight is 320 g/mol. The molecule has 0 saturated carbocycles. The monoisotopic (exact) mass is 320 g/mol.